The van der Waals surface area contributed by atoms with Gasteiger partial charge < -0.3 is 4.79 Å². The van der Waals surface area contributed by atoms with Crippen LogP contribution in [-0.2, 0) is 4.79 Å². The molecule has 0 bridgehead atoms. The smallest absolute Gasteiger partial charge is 0.187 e. The second-order valence-corrected chi connectivity index (χ2v) is 3.27. The molecule has 0 saturated heterocycles. The minimum Gasteiger partial charge on any atom is -0.301 e. The van der Waals surface area contributed by atoms with Crippen molar-refractivity contribution in [1.29, 1.82) is 0 Å². The van der Waals surface area contributed by atoms with Crippen molar-refractivity contribution in [2.75, 3.05) is 14.1 Å². The molecule has 1 aromatic rings. The Kier molecular flexibility index (Phi) is 3.54. The molecule has 14 heavy (non-hydrogen) atoms. The molecule has 1 unspecified atom stereocenters. The maximum absolute atomic E-state index is 11.7. The second kappa shape index (κ2) is 4.67. The lowest BCUT2D eigenvalue weighted by Crippen LogP contribution is -2.37. The molecule has 3 heteroatoms. The highest BCUT2D eigenvalue weighted by Crippen LogP contribution is 2.05. The molecule has 0 amide bonds. The normalized spacial score (nSPS) is 12.5. The highest BCUT2D eigenvalue weighted by atomic mass is 16.1. The third-order valence-corrected chi connectivity index (χ3v) is 2.01. The van der Waals surface area contributed by atoms with Gasteiger partial charge in [0.05, 0.1) is 0 Å². The molecule has 0 aliphatic rings. The molecule has 0 spiro atoms. The Morgan fingerprint density at radius 1 is 1.29 bits per heavy atom. The Hall–Kier alpha value is -1.48. The molecule has 0 heterocycles. The van der Waals surface area contributed by atoms with E-state index in [2.05, 4.69) is 0 Å². The van der Waals surface area contributed by atoms with E-state index in [1.807, 2.05) is 6.07 Å². The lowest BCUT2D eigenvalue weighted by molar-refractivity contribution is -0.110. The Bertz CT molecular complexity index is 319. The lowest BCUT2D eigenvalue weighted by Gasteiger charge is -2.16. The summed E-state index contributed by atoms with van der Waals surface area (Å²) in [6.45, 7) is 0. The number of aldehydes is 1. The van der Waals surface area contributed by atoms with Gasteiger partial charge in [0.2, 0.25) is 0 Å². The van der Waals surface area contributed by atoms with Gasteiger partial charge in [-0.2, -0.15) is 0 Å². The van der Waals surface area contributed by atoms with Crippen molar-refractivity contribution >= 4 is 12.1 Å². The molecule has 0 N–H and O–H groups in total. The van der Waals surface area contributed by atoms with Crippen LogP contribution in [0.25, 0.3) is 0 Å². The SMILES string of the molecule is CN(C)C(C=O)C(=O)c1ccccc1. The number of Topliss-reactive ketones (excluding diaryl/α,β-unsaturated/α-hetero) is 1. The van der Waals surface area contributed by atoms with E-state index in [9.17, 15) is 9.59 Å². The summed E-state index contributed by atoms with van der Waals surface area (Å²) in [5.41, 5.74) is 0.568. The van der Waals surface area contributed by atoms with Gasteiger partial charge in [0.25, 0.3) is 0 Å². The third kappa shape index (κ3) is 2.26. The summed E-state index contributed by atoms with van der Waals surface area (Å²) in [5, 5.41) is 0. The molecule has 1 atom stereocenters. The van der Waals surface area contributed by atoms with Crippen LogP contribution in [0.15, 0.2) is 30.3 Å². The molecule has 0 radical (unpaired) electrons. The summed E-state index contributed by atoms with van der Waals surface area (Å²) < 4.78 is 0. The van der Waals surface area contributed by atoms with Crippen LogP contribution in [0, 0.1) is 0 Å². The second-order valence-electron chi connectivity index (χ2n) is 3.27. The standard InChI is InChI=1S/C11H13NO2/c1-12(2)10(8-13)11(14)9-6-4-3-5-7-9/h3-8,10H,1-2H3. The van der Waals surface area contributed by atoms with E-state index < -0.39 is 6.04 Å². The van der Waals surface area contributed by atoms with Crippen molar-refractivity contribution in [3.63, 3.8) is 0 Å². The first kappa shape index (κ1) is 10.6. The van der Waals surface area contributed by atoms with Crippen molar-refractivity contribution < 1.29 is 9.59 Å². The molecule has 3 nitrogen and oxygen atoms in total. The van der Waals surface area contributed by atoms with Crippen LogP contribution in [0.1, 0.15) is 10.4 Å². The molecular weight excluding hydrogens is 178 g/mol. The number of nitrogens with zero attached hydrogens (tertiary/aromatic N) is 1. The number of hydrogen-bond donors (Lipinski definition) is 0. The summed E-state index contributed by atoms with van der Waals surface area (Å²) in [6.07, 6.45) is 0.662. The Labute approximate surface area is 83.3 Å². The lowest BCUT2D eigenvalue weighted by atomic mass is 10.0. The summed E-state index contributed by atoms with van der Waals surface area (Å²) in [5.74, 6) is -0.161. The van der Waals surface area contributed by atoms with Crippen molar-refractivity contribution in [3.8, 4) is 0 Å². The van der Waals surface area contributed by atoms with Crippen LogP contribution in [0.2, 0.25) is 0 Å². The number of likely N-dealkylation sites (N-methyl/N-ethyl adjacent to an activating group) is 1. The molecular formula is C11H13NO2. The van der Waals surface area contributed by atoms with Crippen LogP contribution in [0.3, 0.4) is 0 Å². The number of ketones is 1. The quantitative estimate of drug-likeness (QED) is 0.405. The minimum atomic E-state index is -0.683. The van der Waals surface area contributed by atoms with E-state index >= 15 is 0 Å². The average molecular weight is 191 g/mol. The number of benzene rings is 1. The number of hydrogen-bond acceptors (Lipinski definition) is 3. The summed E-state index contributed by atoms with van der Waals surface area (Å²) in [7, 11) is 3.42. The summed E-state index contributed by atoms with van der Waals surface area (Å²) in [6, 6.07) is 8.14. The van der Waals surface area contributed by atoms with Gasteiger partial charge in [0, 0.05) is 5.56 Å². The highest BCUT2D eigenvalue weighted by Gasteiger charge is 2.20. The Morgan fingerprint density at radius 2 is 1.86 bits per heavy atom. The van der Waals surface area contributed by atoms with Gasteiger partial charge in [0.1, 0.15) is 12.3 Å². The average Bonchev–Trinajstić information content (AvgIpc) is 2.19. The van der Waals surface area contributed by atoms with E-state index in [4.69, 9.17) is 0 Å². The van der Waals surface area contributed by atoms with Crippen LogP contribution < -0.4 is 0 Å². The number of rotatable bonds is 4. The summed E-state index contributed by atoms with van der Waals surface area (Å²) >= 11 is 0. The largest absolute Gasteiger partial charge is 0.301 e. The van der Waals surface area contributed by atoms with Gasteiger partial charge >= 0.3 is 0 Å². The molecule has 0 aliphatic carbocycles. The van der Waals surface area contributed by atoms with E-state index in [1.165, 1.54) is 0 Å². The minimum absolute atomic E-state index is 0.161. The maximum atomic E-state index is 11.7. The Balaban J connectivity index is 2.89. The zero-order valence-electron chi connectivity index (χ0n) is 8.31. The molecule has 0 aliphatic heterocycles. The first-order valence-corrected chi connectivity index (χ1v) is 4.38. The van der Waals surface area contributed by atoms with Crippen LogP contribution in [0.5, 0.6) is 0 Å². The third-order valence-electron chi connectivity index (χ3n) is 2.01. The number of carbonyl (C=O) groups is 2. The molecule has 1 rings (SSSR count). The maximum Gasteiger partial charge on any atom is 0.187 e. The fraction of sp³-hybridized carbons (Fsp3) is 0.273. The fourth-order valence-corrected chi connectivity index (χ4v) is 1.19. The van der Waals surface area contributed by atoms with Crippen molar-refractivity contribution in [1.82, 2.24) is 4.90 Å². The first-order valence-electron chi connectivity index (χ1n) is 4.38. The van der Waals surface area contributed by atoms with E-state index in [1.54, 1.807) is 43.3 Å². The molecule has 74 valence electrons. The van der Waals surface area contributed by atoms with Gasteiger partial charge in [-0.3, -0.25) is 9.69 Å². The van der Waals surface area contributed by atoms with Gasteiger partial charge in [-0.05, 0) is 14.1 Å². The van der Waals surface area contributed by atoms with E-state index in [-0.39, 0.29) is 5.78 Å². The van der Waals surface area contributed by atoms with Crippen molar-refractivity contribution in [3.05, 3.63) is 35.9 Å². The van der Waals surface area contributed by atoms with E-state index in [0.29, 0.717) is 11.8 Å². The molecule has 0 aromatic heterocycles. The van der Waals surface area contributed by atoms with Crippen molar-refractivity contribution in [2.45, 2.75) is 6.04 Å². The molecule has 0 fully saturated rings. The highest BCUT2D eigenvalue weighted by molar-refractivity contribution is 6.08. The van der Waals surface area contributed by atoms with Crippen molar-refractivity contribution in [2.24, 2.45) is 0 Å². The summed E-state index contributed by atoms with van der Waals surface area (Å²) in [4.78, 5) is 24.0. The number of carbonyl (C=O) groups excluding carboxylic acids is 2. The predicted octanol–water partition coefficient (Wildman–Crippen LogP) is 0.998. The van der Waals surface area contributed by atoms with Gasteiger partial charge in [-0.15, -0.1) is 0 Å². The molecule has 1 aromatic carbocycles. The van der Waals surface area contributed by atoms with Gasteiger partial charge in [-0.1, -0.05) is 30.3 Å². The first-order chi connectivity index (χ1) is 6.66. The van der Waals surface area contributed by atoms with Crippen LogP contribution >= 0.6 is 0 Å². The zero-order valence-corrected chi connectivity index (χ0v) is 8.31. The molecule has 0 saturated carbocycles. The predicted molar refractivity (Wildman–Crippen MR) is 54.3 cm³/mol. The zero-order chi connectivity index (χ0) is 10.6. The van der Waals surface area contributed by atoms with Crippen LogP contribution in [0.4, 0.5) is 0 Å². The topological polar surface area (TPSA) is 37.4 Å². The van der Waals surface area contributed by atoms with Crippen LogP contribution in [-0.4, -0.2) is 37.1 Å². The van der Waals surface area contributed by atoms with Gasteiger partial charge in [-0.25, -0.2) is 0 Å². The Morgan fingerprint density at radius 3 is 2.29 bits per heavy atom. The fourth-order valence-electron chi connectivity index (χ4n) is 1.19. The monoisotopic (exact) mass is 191 g/mol. The van der Waals surface area contributed by atoms with E-state index in [0.717, 1.165) is 0 Å². The van der Waals surface area contributed by atoms with Gasteiger partial charge in [0.15, 0.2) is 5.78 Å².